The van der Waals surface area contributed by atoms with E-state index >= 15 is 0 Å². The summed E-state index contributed by atoms with van der Waals surface area (Å²) in [5, 5.41) is 0. The zero-order valence-corrected chi connectivity index (χ0v) is 7.29. The third-order valence-corrected chi connectivity index (χ3v) is 2.29. The Balaban J connectivity index is 2.19. The minimum Gasteiger partial charge on any atom is -0.286 e. The first kappa shape index (κ1) is 9.37. The molecule has 2 N–H and O–H groups in total. The zero-order chi connectivity index (χ0) is 9.03. The van der Waals surface area contributed by atoms with E-state index in [0.29, 0.717) is 13.0 Å². The molecule has 6 heteroatoms. The van der Waals surface area contributed by atoms with E-state index < -0.39 is 10.1 Å². The molecule has 0 amide bonds. The number of nitrogens with zero attached hydrogens (tertiary/aromatic N) is 1. The van der Waals surface area contributed by atoms with Crippen LogP contribution in [0.2, 0.25) is 0 Å². The maximum Gasteiger partial charge on any atom is 0.265 e. The summed E-state index contributed by atoms with van der Waals surface area (Å²) in [6, 6.07) is 0. The van der Waals surface area contributed by atoms with Gasteiger partial charge in [0.2, 0.25) is 0 Å². The van der Waals surface area contributed by atoms with Gasteiger partial charge in [-0.15, -0.1) is 0 Å². The van der Waals surface area contributed by atoms with Gasteiger partial charge in [0.1, 0.15) is 6.20 Å². The average molecular weight is 191 g/mol. The summed E-state index contributed by atoms with van der Waals surface area (Å²) >= 11 is 0. The summed E-state index contributed by atoms with van der Waals surface area (Å²) in [5.41, 5.74) is 0. The van der Waals surface area contributed by atoms with Gasteiger partial charge in [-0.05, 0) is 0 Å². The molecule has 1 atom stereocenters. The van der Waals surface area contributed by atoms with Crippen molar-refractivity contribution in [1.82, 2.24) is 0 Å². The molecule has 12 heavy (non-hydrogen) atoms. The second kappa shape index (κ2) is 3.79. The Morgan fingerprint density at radius 2 is 2.25 bits per heavy atom. The van der Waals surface area contributed by atoms with Gasteiger partial charge in [-0.1, -0.05) is 0 Å². The van der Waals surface area contributed by atoms with Crippen LogP contribution in [0, 0.1) is 0 Å². The Bertz CT molecular complexity index is 282. The van der Waals surface area contributed by atoms with Crippen LogP contribution >= 0.6 is 0 Å². The van der Waals surface area contributed by atoms with Gasteiger partial charge >= 0.3 is 0 Å². The second-order valence-corrected chi connectivity index (χ2v) is 4.13. The minimum atomic E-state index is -3.80. The Hall–Kier alpha value is -0.720. The van der Waals surface area contributed by atoms with Crippen LogP contribution in [0.4, 0.5) is 0 Å². The Morgan fingerprint density at radius 1 is 1.50 bits per heavy atom. The molecule has 0 spiro atoms. The normalized spacial score (nSPS) is 21.9. The highest BCUT2D eigenvalue weighted by Gasteiger charge is 2.09. The van der Waals surface area contributed by atoms with Crippen molar-refractivity contribution in [3.8, 4) is 0 Å². The minimum absolute atomic E-state index is 0.182. The van der Waals surface area contributed by atoms with Crippen LogP contribution < -0.4 is 4.90 Å². The molecule has 1 unspecified atom stereocenters. The van der Waals surface area contributed by atoms with Crippen molar-refractivity contribution in [3.05, 3.63) is 12.4 Å². The molecular weight excluding hydrogens is 180 g/mol. The van der Waals surface area contributed by atoms with Gasteiger partial charge in [-0.2, -0.15) is 8.42 Å². The maximum atomic E-state index is 10.3. The van der Waals surface area contributed by atoms with Crippen LogP contribution in [-0.4, -0.2) is 31.6 Å². The van der Waals surface area contributed by atoms with Crippen molar-refractivity contribution in [1.29, 1.82) is 0 Å². The molecule has 5 nitrogen and oxygen atoms in total. The summed E-state index contributed by atoms with van der Waals surface area (Å²) in [6.07, 6.45) is 5.60. The lowest BCUT2D eigenvalue weighted by Crippen LogP contribution is -3.05. The first-order valence-corrected chi connectivity index (χ1v) is 5.19. The van der Waals surface area contributed by atoms with Crippen LogP contribution in [0.25, 0.3) is 0 Å². The molecule has 1 heterocycles. The number of hydrogen-bond donors (Lipinski definition) is 2. The Morgan fingerprint density at radius 3 is 2.75 bits per heavy atom. The van der Waals surface area contributed by atoms with Crippen LogP contribution in [0.5, 0.6) is 0 Å². The molecule has 0 radical (unpaired) electrons. The first-order chi connectivity index (χ1) is 5.58. The Kier molecular flexibility index (Phi) is 2.96. The predicted octanol–water partition coefficient (Wildman–Crippen LogP) is -1.34. The van der Waals surface area contributed by atoms with Crippen molar-refractivity contribution in [2.75, 3.05) is 12.3 Å². The fourth-order valence-corrected chi connectivity index (χ4v) is 1.44. The quantitative estimate of drug-likeness (QED) is 0.540. The smallest absolute Gasteiger partial charge is 0.265 e. The fraction of sp³-hybridized carbons (Fsp3) is 0.500. The lowest BCUT2D eigenvalue weighted by molar-refractivity contribution is -0.736. The highest BCUT2D eigenvalue weighted by molar-refractivity contribution is 7.85. The SMILES string of the molecule is O=S(=O)(O)CCC[NH+]1C=CN=C1. The summed E-state index contributed by atoms with van der Waals surface area (Å²) in [5.74, 6) is -0.182. The highest BCUT2D eigenvalue weighted by atomic mass is 32.2. The lowest BCUT2D eigenvalue weighted by atomic mass is 10.4. The van der Waals surface area contributed by atoms with Crippen molar-refractivity contribution < 1.29 is 17.9 Å². The van der Waals surface area contributed by atoms with Gasteiger partial charge in [0.05, 0.1) is 18.5 Å². The molecule has 0 bridgehead atoms. The summed E-state index contributed by atoms with van der Waals surface area (Å²) < 4.78 is 29.0. The van der Waals surface area contributed by atoms with Gasteiger partial charge in [0, 0.05) is 6.42 Å². The number of rotatable bonds is 4. The Labute approximate surface area is 71.2 Å². The highest BCUT2D eigenvalue weighted by Crippen LogP contribution is 1.85. The third kappa shape index (κ3) is 3.61. The lowest BCUT2D eigenvalue weighted by Gasteiger charge is -2.02. The molecule has 0 saturated heterocycles. The molecule has 0 saturated carbocycles. The molecule has 1 rings (SSSR count). The number of quaternary nitrogens is 1. The van der Waals surface area contributed by atoms with E-state index in [1.165, 1.54) is 0 Å². The van der Waals surface area contributed by atoms with Gasteiger partial charge in [-0.25, -0.2) is 4.99 Å². The molecule has 1 aliphatic rings. The first-order valence-electron chi connectivity index (χ1n) is 3.59. The van der Waals surface area contributed by atoms with E-state index in [2.05, 4.69) is 4.99 Å². The van der Waals surface area contributed by atoms with Crippen molar-refractivity contribution in [2.24, 2.45) is 4.99 Å². The zero-order valence-electron chi connectivity index (χ0n) is 6.47. The van der Waals surface area contributed by atoms with Crippen molar-refractivity contribution in [2.45, 2.75) is 6.42 Å². The van der Waals surface area contributed by atoms with E-state index in [1.807, 2.05) is 6.20 Å². The summed E-state index contributed by atoms with van der Waals surface area (Å²) in [4.78, 5) is 4.82. The van der Waals surface area contributed by atoms with Crippen molar-refractivity contribution >= 4 is 16.5 Å². The number of nitrogens with one attached hydrogen (secondary N) is 1. The molecule has 0 aromatic rings. The topological polar surface area (TPSA) is 71.2 Å². The van der Waals surface area contributed by atoms with E-state index in [0.717, 1.165) is 4.90 Å². The largest absolute Gasteiger partial charge is 0.286 e. The molecule has 1 aliphatic heterocycles. The van der Waals surface area contributed by atoms with E-state index in [9.17, 15) is 8.42 Å². The van der Waals surface area contributed by atoms with Gasteiger partial charge in [0.15, 0.2) is 6.34 Å². The number of hydrogen-bond acceptors (Lipinski definition) is 3. The standard InChI is InChI=1S/C6H10N2O3S/c9-12(10,11)5-1-3-8-4-2-7-6-8/h2,4,6H,1,3,5H2,(H,9,10,11)/p+1. The van der Waals surface area contributed by atoms with Crippen molar-refractivity contribution in [3.63, 3.8) is 0 Å². The van der Waals surface area contributed by atoms with Gasteiger partial charge in [-0.3, -0.25) is 9.45 Å². The maximum absolute atomic E-state index is 10.3. The molecule has 0 aromatic carbocycles. The molecule has 68 valence electrons. The predicted molar refractivity (Wildman–Crippen MR) is 44.5 cm³/mol. The number of aliphatic imine (C=N–C) groups is 1. The fourth-order valence-electron chi connectivity index (χ4n) is 0.927. The van der Waals surface area contributed by atoms with Crippen LogP contribution in [0.15, 0.2) is 17.4 Å². The molecule has 0 aliphatic carbocycles. The van der Waals surface area contributed by atoms with Crippen LogP contribution in [0.1, 0.15) is 6.42 Å². The second-order valence-electron chi connectivity index (χ2n) is 2.56. The third-order valence-electron chi connectivity index (χ3n) is 1.48. The van der Waals surface area contributed by atoms with E-state index in [1.54, 1.807) is 12.5 Å². The molecule has 0 fully saturated rings. The summed E-state index contributed by atoms with van der Waals surface area (Å²) in [6.45, 7) is 0.639. The van der Waals surface area contributed by atoms with E-state index in [-0.39, 0.29) is 5.75 Å². The van der Waals surface area contributed by atoms with E-state index in [4.69, 9.17) is 4.55 Å². The van der Waals surface area contributed by atoms with Crippen LogP contribution in [0.3, 0.4) is 0 Å². The molecular formula is C6H11N2O3S+. The molecule has 0 aromatic heterocycles. The average Bonchev–Trinajstić information content (AvgIpc) is 2.36. The summed E-state index contributed by atoms with van der Waals surface area (Å²) in [7, 11) is -3.80. The van der Waals surface area contributed by atoms with Gasteiger partial charge < -0.3 is 0 Å². The van der Waals surface area contributed by atoms with Gasteiger partial charge in [0.25, 0.3) is 10.1 Å². The monoisotopic (exact) mass is 191 g/mol. The van der Waals surface area contributed by atoms with Crippen LogP contribution in [-0.2, 0) is 10.1 Å².